The predicted molar refractivity (Wildman–Crippen MR) is 132 cm³/mol. The fourth-order valence-electron chi connectivity index (χ4n) is 6.89. The van der Waals surface area contributed by atoms with E-state index in [1.54, 1.807) is 22.8 Å². The van der Waals surface area contributed by atoms with Crippen molar-refractivity contribution in [1.82, 2.24) is 19.7 Å². The number of alkyl halides is 6. The van der Waals surface area contributed by atoms with Crippen molar-refractivity contribution in [3.05, 3.63) is 69.8 Å². The molecule has 1 aromatic heterocycles. The molecule has 1 spiro atoms. The fraction of sp³-hybridized carbons (Fsp3) is 0.481. The number of hydrogen-bond donors (Lipinski definition) is 0. The lowest BCUT2D eigenvalue weighted by Crippen LogP contribution is -2.62. The van der Waals surface area contributed by atoms with Gasteiger partial charge in [-0.25, -0.2) is 8.78 Å². The van der Waals surface area contributed by atoms with E-state index in [-0.39, 0.29) is 50.4 Å². The highest BCUT2D eigenvalue weighted by atomic mass is 35.5. The molecular weight excluding hydrogens is 582 g/mol. The van der Waals surface area contributed by atoms with Gasteiger partial charge in [-0.1, -0.05) is 11.6 Å². The van der Waals surface area contributed by atoms with Crippen molar-refractivity contribution >= 4 is 17.3 Å². The molecule has 2 saturated carbocycles. The van der Waals surface area contributed by atoms with Crippen LogP contribution >= 0.6 is 11.6 Å². The number of halogens is 9. The largest absolute Gasteiger partial charge is 0.419 e. The van der Waals surface area contributed by atoms with E-state index in [0.29, 0.717) is 52.9 Å². The lowest BCUT2D eigenvalue weighted by atomic mass is 9.57. The van der Waals surface area contributed by atoms with Gasteiger partial charge in [-0.15, -0.1) is 10.2 Å². The number of anilines is 1. The topological polar surface area (TPSA) is 37.2 Å². The first-order chi connectivity index (χ1) is 19.2. The van der Waals surface area contributed by atoms with Crippen molar-refractivity contribution in [1.29, 1.82) is 0 Å². The summed E-state index contributed by atoms with van der Waals surface area (Å²) in [6, 6.07) is 6.07. The molecule has 0 radical (unpaired) electrons. The van der Waals surface area contributed by atoms with Crippen LogP contribution in [0.5, 0.6) is 0 Å². The summed E-state index contributed by atoms with van der Waals surface area (Å²) in [5, 5.41) is 9.04. The summed E-state index contributed by atoms with van der Waals surface area (Å²) in [5.74, 6) is -1.87. The van der Waals surface area contributed by atoms with Crippen LogP contribution in [0.3, 0.4) is 0 Å². The summed E-state index contributed by atoms with van der Waals surface area (Å²) in [6.07, 6.45) is -8.26. The van der Waals surface area contributed by atoms with Crippen LogP contribution in [0, 0.1) is 17.0 Å². The number of nitrogens with zero attached hydrogens (tertiary/aromatic N) is 5. The SMILES string of the molecule is Fc1ccc(C(F)(F)F)c(F)c1N1CC2(CC(c3nnc4n3-c3ccc(Cl)cc3CN(C3(C(F)(F)F)CC3)C4)C2)C1. The third-order valence-electron chi connectivity index (χ3n) is 9.05. The monoisotopic (exact) mass is 603 g/mol. The molecule has 7 rings (SSSR count). The Labute approximate surface area is 233 Å². The second-order valence-electron chi connectivity index (χ2n) is 11.7. The molecule has 0 atom stereocenters. The first kappa shape index (κ1) is 26.9. The van der Waals surface area contributed by atoms with Crippen LogP contribution in [0.4, 0.5) is 40.8 Å². The lowest BCUT2D eigenvalue weighted by molar-refractivity contribution is -0.200. The molecule has 0 amide bonds. The van der Waals surface area contributed by atoms with Crippen molar-refractivity contribution in [3.8, 4) is 5.69 Å². The lowest BCUT2D eigenvalue weighted by Gasteiger charge is -2.59. The van der Waals surface area contributed by atoms with Crippen molar-refractivity contribution in [2.45, 2.75) is 62.6 Å². The Kier molecular flexibility index (Phi) is 5.62. The number of aromatic nitrogens is 3. The second kappa shape index (κ2) is 8.56. The number of fused-ring (bicyclic) bond motifs is 3. The zero-order chi connectivity index (χ0) is 29.1. The summed E-state index contributed by atoms with van der Waals surface area (Å²) >= 11 is 6.22. The summed E-state index contributed by atoms with van der Waals surface area (Å²) in [4.78, 5) is 2.67. The molecule has 0 bridgehead atoms. The molecule has 14 heteroatoms. The van der Waals surface area contributed by atoms with Gasteiger partial charge in [0.05, 0.1) is 17.8 Å². The van der Waals surface area contributed by atoms with Gasteiger partial charge in [0.15, 0.2) is 11.6 Å². The summed E-state index contributed by atoms with van der Waals surface area (Å²) in [5.41, 5.74) is -3.22. The zero-order valence-corrected chi connectivity index (χ0v) is 22.0. The molecule has 41 heavy (non-hydrogen) atoms. The van der Waals surface area contributed by atoms with Crippen LogP contribution in [0.15, 0.2) is 30.3 Å². The van der Waals surface area contributed by atoms with Gasteiger partial charge >= 0.3 is 12.4 Å². The average Bonchev–Trinajstić information content (AvgIpc) is 3.57. The van der Waals surface area contributed by atoms with Gasteiger partial charge in [0.1, 0.15) is 22.9 Å². The Morgan fingerprint density at radius 3 is 2.24 bits per heavy atom. The molecule has 3 aromatic rings. The van der Waals surface area contributed by atoms with Crippen LogP contribution in [0.2, 0.25) is 5.02 Å². The van der Waals surface area contributed by atoms with E-state index < -0.39 is 40.8 Å². The highest BCUT2D eigenvalue weighted by Crippen LogP contribution is 2.58. The molecule has 3 fully saturated rings. The molecule has 5 nitrogen and oxygen atoms in total. The van der Waals surface area contributed by atoms with E-state index in [9.17, 15) is 35.1 Å². The first-order valence-corrected chi connectivity index (χ1v) is 13.4. The molecule has 2 aromatic carbocycles. The quantitative estimate of drug-likeness (QED) is 0.302. The Morgan fingerprint density at radius 2 is 1.61 bits per heavy atom. The maximum atomic E-state index is 14.7. The number of hydrogen-bond acceptors (Lipinski definition) is 4. The van der Waals surface area contributed by atoms with E-state index in [1.807, 2.05) is 0 Å². The molecule has 1 saturated heterocycles. The van der Waals surface area contributed by atoms with Gasteiger partial charge in [0, 0.05) is 36.0 Å². The highest BCUT2D eigenvalue weighted by Gasteiger charge is 2.67. The maximum absolute atomic E-state index is 14.7. The van der Waals surface area contributed by atoms with Gasteiger partial charge in [-0.05, 0) is 61.6 Å². The van der Waals surface area contributed by atoms with Crippen molar-refractivity contribution in [2.24, 2.45) is 5.41 Å². The fourth-order valence-corrected chi connectivity index (χ4v) is 7.08. The molecule has 218 valence electrons. The Hall–Kier alpha value is -2.93. The maximum Gasteiger partial charge on any atom is 0.419 e. The smallest absolute Gasteiger partial charge is 0.366 e. The molecular formula is C27H22ClF8N5. The van der Waals surface area contributed by atoms with Crippen LogP contribution in [0.25, 0.3) is 5.69 Å². The molecule has 3 heterocycles. The second-order valence-corrected chi connectivity index (χ2v) is 12.1. The van der Waals surface area contributed by atoms with Crippen LogP contribution in [-0.2, 0) is 19.3 Å². The first-order valence-electron chi connectivity index (χ1n) is 13.1. The zero-order valence-electron chi connectivity index (χ0n) is 21.3. The summed E-state index contributed by atoms with van der Waals surface area (Å²) in [7, 11) is 0. The molecule has 0 N–H and O–H groups in total. The van der Waals surface area contributed by atoms with E-state index in [2.05, 4.69) is 10.2 Å². The summed E-state index contributed by atoms with van der Waals surface area (Å²) < 4.78 is 112. The van der Waals surface area contributed by atoms with Gasteiger partial charge in [0.2, 0.25) is 0 Å². The van der Waals surface area contributed by atoms with Crippen molar-refractivity contribution in [3.63, 3.8) is 0 Å². The normalized spacial score (nSPS) is 21.6. The van der Waals surface area contributed by atoms with E-state index in [0.717, 1.165) is 0 Å². The molecule has 4 aliphatic rings. The Bertz CT molecular complexity index is 1550. The van der Waals surface area contributed by atoms with Gasteiger partial charge in [-0.2, -0.15) is 26.3 Å². The van der Waals surface area contributed by atoms with Crippen LogP contribution < -0.4 is 4.90 Å². The molecule has 0 unspecified atom stereocenters. The van der Waals surface area contributed by atoms with Crippen LogP contribution in [0.1, 0.15) is 54.4 Å². The summed E-state index contributed by atoms with van der Waals surface area (Å²) in [6.45, 7) is 0.329. The third-order valence-corrected chi connectivity index (χ3v) is 9.29. The van der Waals surface area contributed by atoms with E-state index in [1.165, 1.54) is 9.80 Å². The predicted octanol–water partition coefficient (Wildman–Crippen LogP) is 7.01. The third kappa shape index (κ3) is 4.05. The minimum atomic E-state index is -4.95. The van der Waals surface area contributed by atoms with Gasteiger partial charge < -0.3 is 4.90 Å². The number of rotatable bonds is 3. The van der Waals surface area contributed by atoms with Crippen molar-refractivity contribution < 1.29 is 35.1 Å². The van der Waals surface area contributed by atoms with Gasteiger partial charge in [-0.3, -0.25) is 9.47 Å². The Balaban J connectivity index is 1.14. The Morgan fingerprint density at radius 1 is 0.902 bits per heavy atom. The van der Waals surface area contributed by atoms with E-state index >= 15 is 0 Å². The molecule has 2 aliphatic carbocycles. The van der Waals surface area contributed by atoms with Gasteiger partial charge in [0.25, 0.3) is 0 Å². The minimum Gasteiger partial charge on any atom is -0.366 e. The van der Waals surface area contributed by atoms with Crippen LogP contribution in [-0.4, -0.2) is 44.5 Å². The average molecular weight is 604 g/mol. The van der Waals surface area contributed by atoms with Crippen molar-refractivity contribution in [2.75, 3.05) is 18.0 Å². The standard InChI is InChI=1S/C27H22ClF8N5/c28-16-1-4-19-14(7-16)10-40(25(5-6-25)27(34,35)36)11-20-37-38-23(41(19)20)15-8-24(9-15)12-39(13-24)22-18(29)3-2-17(21(22)30)26(31,32)33/h1-4,7,15H,5-6,8-13H2. The highest BCUT2D eigenvalue weighted by molar-refractivity contribution is 6.30. The minimum absolute atomic E-state index is 0.00209. The number of benzene rings is 2. The molecule has 2 aliphatic heterocycles. The van der Waals surface area contributed by atoms with E-state index in [4.69, 9.17) is 11.6 Å².